The van der Waals surface area contributed by atoms with Crippen molar-refractivity contribution in [2.45, 2.75) is 380 Å². The molecule has 2 unspecified atom stereocenters. The number of carbonyl (C=O) groups excluding carboxylic acids is 4. The lowest BCUT2D eigenvalue weighted by atomic mass is 10.0. The van der Waals surface area contributed by atoms with E-state index in [-0.39, 0.29) is 25.7 Å². The molecule has 3 N–H and O–H groups in total. The van der Waals surface area contributed by atoms with Crippen molar-refractivity contribution in [2.75, 3.05) is 39.6 Å². The molecule has 0 fully saturated rings. The average Bonchev–Trinajstić information content (AvgIpc) is 3.72. The van der Waals surface area contributed by atoms with Gasteiger partial charge in [0.2, 0.25) is 0 Å². The van der Waals surface area contributed by atoms with Crippen LogP contribution in [0.3, 0.4) is 0 Å². The van der Waals surface area contributed by atoms with E-state index in [1.165, 1.54) is 180 Å². The highest BCUT2D eigenvalue weighted by atomic mass is 31.2. The summed E-state index contributed by atoms with van der Waals surface area (Å²) < 4.78 is 68.0. The highest BCUT2D eigenvalue weighted by Gasteiger charge is 2.30. The van der Waals surface area contributed by atoms with Gasteiger partial charge >= 0.3 is 39.5 Å². The van der Waals surface area contributed by atoms with Crippen molar-refractivity contribution < 1.29 is 80.2 Å². The summed E-state index contributed by atoms with van der Waals surface area (Å²) in [5.41, 5.74) is 0. The molecule has 0 amide bonds. The van der Waals surface area contributed by atoms with Crippen molar-refractivity contribution in [3.8, 4) is 0 Å². The van der Waals surface area contributed by atoms with Crippen molar-refractivity contribution >= 4 is 39.5 Å². The van der Waals surface area contributed by atoms with Crippen LogP contribution < -0.4 is 0 Å². The Morgan fingerprint density at radius 3 is 0.764 bits per heavy atom. The third-order valence-corrected chi connectivity index (χ3v) is 18.2. The van der Waals surface area contributed by atoms with E-state index in [1.807, 2.05) is 0 Å². The zero-order valence-corrected chi connectivity index (χ0v) is 59.4. The number of unbranched alkanes of at least 4 members (excludes halogenated alkanes) is 42. The second kappa shape index (κ2) is 63.5. The van der Waals surface area contributed by atoms with Gasteiger partial charge in [0, 0.05) is 25.7 Å². The number of carbonyl (C=O) groups is 4. The monoisotopic (exact) mass is 1310 g/mol. The summed E-state index contributed by atoms with van der Waals surface area (Å²) >= 11 is 0. The van der Waals surface area contributed by atoms with Crippen LogP contribution in [0.15, 0.2) is 0 Å². The normalized spacial score (nSPS) is 14.1. The predicted octanol–water partition coefficient (Wildman–Crippen LogP) is 20.1. The number of esters is 4. The van der Waals surface area contributed by atoms with Crippen molar-refractivity contribution in [2.24, 2.45) is 5.92 Å². The van der Waals surface area contributed by atoms with Gasteiger partial charge in [0.15, 0.2) is 12.2 Å². The maximum Gasteiger partial charge on any atom is 0.472 e. The minimum atomic E-state index is -4.95. The SMILES string of the molecule is CCCCCCCCCCCCCCCCCCCCCC(=O)O[C@H](COC(=O)CCCCCCCCCCCCCCC(C)C)COP(=O)(O)OC[C@@H](O)COP(=O)(O)OC[C@@H](COC(=O)CCCCCCC)OC(=O)CCCCCCCCCCCC. The summed E-state index contributed by atoms with van der Waals surface area (Å²) in [6.45, 7) is 7.16. The molecule has 0 spiro atoms. The summed E-state index contributed by atoms with van der Waals surface area (Å²) in [6, 6.07) is 0. The summed E-state index contributed by atoms with van der Waals surface area (Å²) in [7, 11) is -9.89. The number of hydrogen-bond donors (Lipinski definition) is 3. The van der Waals surface area contributed by atoms with Crippen LogP contribution in [0.5, 0.6) is 0 Å². The molecule has 528 valence electrons. The van der Waals surface area contributed by atoms with Crippen LogP contribution >= 0.6 is 15.6 Å². The van der Waals surface area contributed by atoms with Gasteiger partial charge in [0.1, 0.15) is 19.3 Å². The number of phosphoric ester groups is 2. The van der Waals surface area contributed by atoms with Gasteiger partial charge < -0.3 is 33.8 Å². The van der Waals surface area contributed by atoms with Gasteiger partial charge in [-0.05, 0) is 31.6 Å². The van der Waals surface area contributed by atoms with E-state index in [2.05, 4.69) is 34.6 Å². The van der Waals surface area contributed by atoms with Crippen LogP contribution in [0.2, 0.25) is 0 Å². The van der Waals surface area contributed by atoms with Crippen LogP contribution in [0, 0.1) is 5.92 Å². The van der Waals surface area contributed by atoms with Gasteiger partial charge in [0.25, 0.3) is 0 Å². The third-order valence-electron chi connectivity index (χ3n) is 16.3. The highest BCUT2D eigenvalue weighted by Crippen LogP contribution is 2.45. The molecule has 0 rings (SSSR count). The van der Waals surface area contributed by atoms with Gasteiger partial charge in [-0.25, -0.2) is 9.13 Å². The highest BCUT2D eigenvalue weighted by molar-refractivity contribution is 7.47. The van der Waals surface area contributed by atoms with Gasteiger partial charge in [-0.2, -0.15) is 0 Å². The zero-order valence-electron chi connectivity index (χ0n) is 57.6. The quantitative estimate of drug-likeness (QED) is 0.0222. The molecule has 0 heterocycles. The lowest BCUT2D eigenvalue weighted by molar-refractivity contribution is -0.161. The smallest absolute Gasteiger partial charge is 0.462 e. The molecule has 89 heavy (non-hydrogen) atoms. The number of phosphoric acid groups is 2. The molecule has 0 aliphatic carbocycles. The summed E-state index contributed by atoms with van der Waals surface area (Å²) in [6.07, 6.45) is 50.4. The first kappa shape index (κ1) is 87.1. The lowest BCUT2D eigenvalue weighted by Gasteiger charge is -2.21. The van der Waals surface area contributed by atoms with E-state index in [1.54, 1.807) is 0 Å². The fraction of sp³-hybridized carbons (Fsp3) is 0.943. The molecule has 17 nitrogen and oxygen atoms in total. The van der Waals surface area contributed by atoms with Crippen LogP contribution in [0.1, 0.15) is 362 Å². The topological polar surface area (TPSA) is 237 Å². The molecule has 0 aromatic carbocycles. The molecule has 0 saturated carbocycles. The second-order valence-electron chi connectivity index (χ2n) is 25.7. The van der Waals surface area contributed by atoms with E-state index in [4.69, 9.17) is 37.0 Å². The Balaban J connectivity index is 5.14. The minimum Gasteiger partial charge on any atom is -0.462 e. The molecule has 19 heteroatoms. The van der Waals surface area contributed by atoms with E-state index in [0.717, 1.165) is 102 Å². The first-order valence-corrected chi connectivity index (χ1v) is 39.6. The largest absolute Gasteiger partial charge is 0.472 e. The van der Waals surface area contributed by atoms with Gasteiger partial charge in [-0.1, -0.05) is 311 Å². The van der Waals surface area contributed by atoms with Crippen molar-refractivity contribution in [3.63, 3.8) is 0 Å². The molecule has 0 bridgehead atoms. The maximum absolute atomic E-state index is 13.0. The first-order valence-electron chi connectivity index (χ1n) is 36.6. The predicted molar refractivity (Wildman–Crippen MR) is 358 cm³/mol. The molecule has 0 aromatic rings. The number of hydrogen-bond acceptors (Lipinski definition) is 15. The Hall–Kier alpha value is -1.94. The Bertz CT molecular complexity index is 1720. The summed E-state index contributed by atoms with van der Waals surface area (Å²) in [5.74, 6) is -1.35. The van der Waals surface area contributed by atoms with Crippen LogP contribution in [-0.2, 0) is 65.4 Å². The number of rotatable bonds is 70. The van der Waals surface area contributed by atoms with E-state index in [0.29, 0.717) is 25.7 Å². The standard InChI is InChI=1S/C70H136O17P2/c1-6-9-12-15-17-19-21-22-23-24-25-26-27-28-33-37-41-46-51-56-70(75)87-66(60-81-68(73)54-49-44-39-36-32-30-29-31-34-38-43-47-52-63(4)5)62-85-89(78,79)83-58-64(71)57-82-88(76,77)84-61-65(59-80-67(72)53-48-42-14-11-8-3)86-69(74)55-50-45-40-35-20-18-16-13-10-7-2/h63-66,71H,6-62H2,1-5H3,(H,76,77)(H,78,79)/t64-,65+,66+/m0/s1. The van der Waals surface area contributed by atoms with Crippen LogP contribution in [-0.4, -0.2) is 96.7 Å². The van der Waals surface area contributed by atoms with E-state index >= 15 is 0 Å². The maximum atomic E-state index is 13.0. The average molecular weight is 1310 g/mol. The molecule has 0 aromatic heterocycles. The Kier molecular flexibility index (Phi) is 62.1. The van der Waals surface area contributed by atoms with E-state index in [9.17, 15) is 43.2 Å². The van der Waals surface area contributed by atoms with Crippen molar-refractivity contribution in [3.05, 3.63) is 0 Å². The molecule has 5 atom stereocenters. The van der Waals surface area contributed by atoms with Gasteiger partial charge in [-0.3, -0.25) is 37.3 Å². The zero-order chi connectivity index (χ0) is 65.6. The fourth-order valence-corrected chi connectivity index (χ4v) is 12.2. The molecule has 0 radical (unpaired) electrons. The minimum absolute atomic E-state index is 0.106. The van der Waals surface area contributed by atoms with Crippen molar-refractivity contribution in [1.82, 2.24) is 0 Å². The number of aliphatic hydroxyl groups is 1. The molecule has 0 saturated heterocycles. The van der Waals surface area contributed by atoms with Crippen LogP contribution in [0.25, 0.3) is 0 Å². The van der Waals surface area contributed by atoms with E-state index < -0.39 is 97.5 Å². The summed E-state index contributed by atoms with van der Waals surface area (Å²) in [5, 5.41) is 10.5. The first-order chi connectivity index (χ1) is 43.0. The molecular formula is C70H136O17P2. The van der Waals surface area contributed by atoms with Gasteiger partial charge in [-0.15, -0.1) is 0 Å². The molecule has 0 aliphatic heterocycles. The Morgan fingerprint density at radius 1 is 0.303 bits per heavy atom. The number of aliphatic hydroxyl groups excluding tert-OH is 1. The summed E-state index contributed by atoms with van der Waals surface area (Å²) in [4.78, 5) is 72.2. The lowest BCUT2D eigenvalue weighted by Crippen LogP contribution is -2.30. The third kappa shape index (κ3) is 64.6. The van der Waals surface area contributed by atoms with Gasteiger partial charge in [0.05, 0.1) is 26.4 Å². The Morgan fingerprint density at radius 2 is 0.517 bits per heavy atom. The Labute approximate surface area is 543 Å². The number of ether oxygens (including phenoxy) is 4. The second-order valence-corrected chi connectivity index (χ2v) is 28.7. The van der Waals surface area contributed by atoms with Crippen LogP contribution in [0.4, 0.5) is 0 Å². The van der Waals surface area contributed by atoms with Crippen molar-refractivity contribution in [1.29, 1.82) is 0 Å². The molecular weight excluding hydrogens is 1170 g/mol. The molecule has 0 aliphatic rings. The fourth-order valence-electron chi connectivity index (χ4n) is 10.6.